The molecule has 2 aromatic carbocycles. The van der Waals surface area contributed by atoms with Gasteiger partial charge in [-0.3, -0.25) is 4.79 Å². The van der Waals surface area contributed by atoms with Gasteiger partial charge in [-0.1, -0.05) is 33.3 Å². The zero-order chi connectivity index (χ0) is 21.6. The van der Waals surface area contributed by atoms with Crippen LogP contribution in [0.2, 0.25) is 0 Å². The van der Waals surface area contributed by atoms with E-state index < -0.39 is 0 Å². The Morgan fingerprint density at radius 3 is 2.61 bits per heavy atom. The largest absolute Gasteiger partial charge is 0.346 e. The SMILES string of the molecule is O=C(NCc1cn(Cc2ccc(Br)cc2)nn1)c1cccnc1Nc1ccc(F)cc1. The number of carbonyl (C=O) groups is 1. The molecule has 9 heteroatoms. The van der Waals surface area contributed by atoms with Crippen LogP contribution in [0.3, 0.4) is 0 Å². The van der Waals surface area contributed by atoms with Crippen LogP contribution < -0.4 is 10.6 Å². The molecule has 2 heterocycles. The highest BCUT2D eigenvalue weighted by Gasteiger charge is 2.13. The summed E-state index contributed by atoms with van der Waals surface area (Å²) in [7, 11) is 0. The van der Waals surface area contributed by atoms with Gasteiger partial charge in [-0.2, -0.15) is 0 Å². The van der Waals surface area contributed by atoms with Gasteiger partial charge in [-0.05, 0) is 54.1 Å². The van der Waals surface area contributed by atoms with E-state index in [2.05, 4.69) is 41.9 Å². The van der Waals surface area contributed by atoms with Crippen LogP contribution in [0.1, 0.15) is 21.6 Å². The van der Waals surface area contributed by atoms with Gasteiger partial charge < -0.3 is 10.6 Å². The van der Waals surface area contributed by atoms with Gasteiger partial charge in [0.05, 0.1) is 24.8 Å². The lowest BCUT2D eigenvalue weighted by Crippen LogP contribution is -2.24. The number of aromatic nitrogens is 4. The Labute approximate surface area is 186 Å². The quantitative estimate of drug-likeness (QED) is 0.411. The maximum absolute atomic E-state index is 13.1. The minimum atomic E-state index is -0.335. The number of pyridine rings is 1. The van der Waals surface area contributed by atoms with Crippen LogP contribution in [0.5, 0.6) is 0 Å². The summed E-state index contributed by atoms with van der Waals surface area (Å²) in [6.07, 6.45) is 3.37. The Bertz CT molecular complexity index is 1180. The molecule has 0 atom stereocenters. The van der Waals surface area contributed by atoms with Crippen LogP contribution in [-0.2, 0) is 13.1 Å². The van der Waals surface area contributed by atoms with Gasteiger partial charge in [-0.25, -0.2) is 14.1 Å². The van der Waals surface area contributed by atoms with E-state index in [1.165, 1.54) is 12.1 Å². The highest BCUT2D eigenvalue weighted by Crippen LogP contribution is 2.19. The lowest BCUT2D eigenvalue weighted by molar-refractivity contribution is 0.0951. The van der Waals surface area contributed by atoms with Crippen LogP contribution in [0.25, 0.3) is 0 Å². The summed E-state index contributed by atoms with van der Waals surface area (Å²) >= 11 is 3.42. The second kappa shape index (κ2) is 9.48. The summed E-state index contributed by atoms with van der Waals surface area (Å²) in [5.41, 5.74) is 2.73. The third kappa shape index (κ3) is 5.52. The minimum absolute atomic E-state index is 0.226. The number of rotatable bonds is 7. The summed E-state index contributed by atoms with van der Waals surface area (Å²) in [6.45, 7) is 0.812. The van der Waals surface area contributed by atoms with Crippen LogP contribution >= 0.6 is 15.9 Å². The lowest BCUT2D eigenvalue weighted by Gasteiger charge is -2.10. The smallest absolute Gasteiger partial charge is 0.255 e. The Morgan fingerprint density at radius 2 is 1.84 bits per heavy atom. The maximum Gasteiger partial charge on any atom is 0.255 e. The van der Waals surface area contributed by atoms with Crippen molar-refractivity contribution in [2.75, 3.05) is 5.32 Å². The van der Waals surface area contributed by atoms with Crippen LogP contribution in [0.15, 0.2) is 77.5 Å². The summed E-state index contributed by atoms with van der Waals surface area (Å²) in [5, 5.41) is 14.1. The molecular formula is C22H18BrFN6O. The van der Waals surface area contributed by atoms with Crippen molar-refractivity contribution < 1.29 is 9.18 Å². The number of nitrogens with zero attached hydrogens (tertiary/aromatic N) is 4. The Hall–Kier alpha value is -3.59. The normalized spacial score (nSPS) is 10.6. The Balaban J connectivity index is 1.38. The number of hydrogen-bond donors (Lipinski definition) is 2. The number of nitrogens with one attached hydrogen (secondary N) is 2. The molecule has 0 aliphatic heterocycles. The molecule has 0 aliphatic carbocycles. The maximum atomic E-state index is 13.1. The first-order valence-corrected chi connectivity index (χ1v) is 10.3. The second-order valence-electron chi connectivity index (χ2n) is 6.75. The first-order chi connectivity index (χ1) is 15.1. The molecule has 0 fully saturated rings. The summed E-state index contributed by atoms with van der Waals surface area (Å²) in [6, 6.07) is 17.1. The minimum Gasteiger partial charge on any atom is -0.346 e. The average Bonchev–Trinajstić information content (AvgIpc) is 3.23. The fourth-order valence-electron chi connectivity index (χ4n) is 2.90. The molecule has 0 saturated carbocycles. The van der Waals surface area contributed by atoms with Gasteiger partial charge in [0.1, 0.15) is 17.3 Å². The number of amides is 1. The van der Waals surface area contributed by atoms with Crippen molar-refractivity contribution in [1.29, 1.82) is 0 Å². The van der Waals surface area contributed by atoms with Gasteiger partial charge in [0, 0.05) is 16.4 Å². The van der Waals surface area contributed by atoms with Crippen LogP contribution in [0, 0.1) is 5.82 Å². The molecule has 0 saturated heterocycles. The molecular weight excluding hydrogens is 463 g/mol. The van der Waals surface area contributed by atoms with Gasteiger partial charge in [0.25, 0.3) is 5.91 Å². The molecule has 0 radical (unpaired) electrons. The molecule has 4 rings (SSSR count). The average molecular weight is 481 g/mol. The highest BCUT2D eigenvalue weighted by atomic mass is 79.9. The van der Waals surface area contributed by atoms with Gasteiger partial charge in [0.15, 0.2) is 0 Å². The van der Waals surface area contributed by atoms with Crippen molar-refractivity contribution in [2.45, 2.75) is 13.1 Å². The van der Waals surface area contributed by atoms with E-state index in [0.717, 1.165) is 10.0 Å². The van der Waals surface area contributed by atoms with Crippen molar-refractivity contribution in [3.63, 3.8) is 0 Å². The number of anilines is 2. The second-order valence-corrected chi connectivity index (χ2v) is 7.66. The monoisotopic (exact) mass is 480 g/mol. The third-order valence-electron chi connectivity index (χ3n) is 4.43. The van der Waals surface area contributed by atoms with E-state index in [-0.39, 0.29) is 18.3 Å². The van der Waals surface area contributed by atoms with E-state index in [0.29, 0.717) is 29.3 Å². The molecule has 4 aromatic rings. The van der Waals surface area contributed by atoms with Gasteiger partial charge in [-0.15, -0.1) is 5.10 Å². The van der Waals surface area contributed by atoms with Crippen molar-refractivity contribution in [3.05, 3.63) is 100 Å². The van der Waals surface area contributed by atoms with E-state index in [4.69, 9.17) is 0 Å². The van der Waals surface area contributed by atoms with Crippen molar-refractivity contribution in [2.24, 2.45) is 0 Å². The molecule has 0 spiro atoms. The van der Waals surface area contributed by atoms with Crippen molar-refractivity contribution in [1.82, 2.24) is 25.3 Å². The predicted molar refractivity (Wildman–Crippen MR) is 118 cm³/mol. The number of carbonyl (C=O) groups excluding carboxylic acids is 1. The molecule has 2 aromatic heterocycles. The molecule has 1 amide bonds. The number of benzene rings is 2. The van der Waals surface area contributed by atoms with Gasteiger partial charge in [0.2, 0.25) is 0 Å². The lowest BCUT2D eigenvalue weighted by atomic mass is 10.2. The van der Waals surface area contributed by atoms with Crippen LogP contribution in [0.4, 0.5) is 15.9 Å². The van der Waals surface area contributed by atoms with Gasteiger partial charge >= 0.3 is 0 Å². The van der Waals surface area contributed by atoms with E-state index in [1.54, 1.807) is 41.3 Å². The highest BCUT2D eigenvalue weighted by molar-refractivity contribution is 9.10. The molecule has 31 heavy (non-hydrogen) atoms. The van der Waals surface area contributed by atoms with Crippen molar-refractivity contribution >= 4 is 33.3 Å². The van der Waals surface area contributed by atoms with Crippen molar-refractivity contribution in [3.8, 4) is 0 Å². The zero-order valence-electron chi connectivity index (χ0n) is 16.3. The molecule has 7 nitrogen and oxygen atoms in total. The van der Waals surface area contributed by atoms with Crippen LogP contribution in [-0.4, -0.2) is 25.9 Å². The predicted octanol–water partition coefficient (Wildman–Crippen LogP) is 4.30. The summed E-state index contributed by atoms with van der Waals surface area (Å²) < 4.78 is 15.8. The molecule has 0 bridgehead atoms. The molecule has 0 aliphatic rings. The van der Waals surface area contributed by atoms with E-state index in [1.807, 2.05) is 24.3 Å². The summed E-state index contributed by atoms with van der Waals surface area (Å²) in [5.74, 6) is -0.261. The molecule has 156 valence electrons. The Morgan fingerprint density at radius 1 is 1.06 bits per heavy atom. The third-order valence-corrected chi connectivity index (χ3v) is 4.96. The summed E-state index contributed by atoms with van der Waals surface area (Å²) in [4.78, 5) is 16.9. The molecule has 2 N–H and O–H groups in total. The number of halogens is 2. The van der Waals surface area contributed by atoms with E-state index in [9.17, 15) is 9.18 Å². The fourth-order valence-corrected chi connectivity index (χ4v) is 3.16. The molecule has 0 unspecified atom stereocenters. The first kappa shape index (κ1) is 20.7. The topological polar surface area (TPSA) is 84.7 Å². The first-order valence-electron chi connectivity index (χ1n) is 9.46. The standard InChI is InChI=1S/C22H18BrFN6O/c23-16-5-3-15(4-6-16)13-30-14-19(28-29-30)12-26-22(31)20-2-1-11-25-21(20)27-18-9-7-17(24)8-10-18/h1-11,14H,12-13H2,(H,25,27)(H,26,31). The zero-order valence-corrected chi connectivity index (χ0v) is 17.9. The number of hydrogen-bond acceptors (Lipinski definition) is 5. The Kier molecular flexibility index (Phi) is 6.32. The fraction of sp³-hybridized carbons (Fsp3) is 0.0909. The van der Waals surface area contributed by atoms with E-state index >= 15 is 0 Å².